The van der Waals surface area contributed by atoms with Crippen LogP contribution in [0.4, 0.5) is 13.2 Å². The van der Waals surface area contributed by atoms with E-state index in [1.54, 1.807) is 18.2 Å². The van der Waals surface area contributed by atoms with Crippen LogP contribution in [0.15, 0.2) is 53.5 Å². The molecule has 6 nitrogen and oxygen atoms in total. The third-order valence-electron chi connectivity index (χ3n) is 4.51. The van der Waals surface area contributed by atoms with Gasteiger partial charge in [0.25, 0.3) is 5.91 Å². The summed E-state index contributed by atoms with van der Waals surface area (Å²) in [6.45, 7) is 4.33. The SMILES string of the molecule is CCNC(=NCc1cccc(C(F)(F)F)c1)NCc1cccc(C(=O)NCCN(C)C)c1. The minimum atomic E-state index is -4.38. The first-order valence-electron chi connectivity index (χ1n) is 10.4. The fraction of sp³-hybridized carbons (Fsp3) is 0.391. The first-order valence-corrected chi connectivity index (χ1v) is 10.4. The maximum atomic E-state index is 12.9. The average Bonchev–Trinajstić information content (AvgIpc) is 2.75. The van der Waals surface area contributed by atoms with E-state index in [0.717, 1.165) is 24.2 Å². The maximum Gasteiger partial charge on any atom is 0.416 e. The first kappa shape index (κ1) is 25.2. The molecule has 0 heterocycles. The van der Waals surface area contributed by atoms with Gasteiger partial charge >= 0.3 is 6.18 Å². The van der Waals surface area contributed by atoms with Gasteiger partial charge in [-0.05, 0) is 56.4 Å². The minimum absolute atomic E-state index is 0.105. The Morgan fingerprint density at radius 2 is 1.72 bits per heavy atom. The largest absolute Gasteiger partial charge is 0.416 e. The zero-order valence-corrected chi connectivity index (χ0v) is 18.6. The van der Waals surface area contributed by atoms with Crippen LogP contribution in [0.2, 0.25) is 0 Å². The molecule has 0 aliphatic rings. The number of likely N-dealkylation sites (N-methyl/N-ethyl adjacent to an activating group) is 1. The zero-order valence-electron chi connectivity index (χ0n) is 18.6. The van der Waals surface area contributed by atoms with Crippen LogP contribution in [-0.4, -0.2) is 50.5 Å². The second-order valence-electron chi connectivity index (χ2n) is 7.51. The van der Waals surface area contributed by atoms with E-state index in [9.17, 15) is 18.0 Å². The van der Waals surface area contributed by atoms with Crippen molar-refractivity contribution in [3.05, 3.63) is 70.8 Å². The molecule has 1 amide bonds. The molecule has 3 N–H and O–H groups in total. The normalized spacial score (nSPS) is 12.0. The standard InChI is InChI=1S/C23H30F3N5O/c1-4-27-22(30-16-18-8-6-10-20(14-18)23(24,25)26)29-15-17-7-5-9-19(13-17)21(32)28-11-12-31(2)3/h5-10,13-14H,4,11-12,15-16H2,1-3H3,(H,28,32)(H2,27,29,30). The molecule has 2 rings (SSSR count). The fourth-order valence-electron chi connectivity index (χ4n) is 2.86. The van der Waals surface area contributed by atoms with Crippen molar-refractivity contribution < 1.29 is 18.0 Å². The van der Waals surface area contributed by atoms with Gasteiger partial charge < -0.3 is 20.9 Å². The molecule has 2 aromatic rings. The number of benzene rings is 2. The number of hydrogen-bond donors (Lipinski definition) is 3. The molecular weight excluding hydrogens is 419 g/mol. The molecule has 174 valence electrons. The third-order valence-corrected chi connectivity index (χ3v) is 4.51. The van der Waals surface area contributed by atoms with Gasteiger partial charge in [0.1, 0.15) is 0 Å². The number of rotatable bonds is 9. The second kappa shape index (κ2) is 12.1. The van der Waals surface area contributed by atoms with Crippen LogP contribution in [0.5, 0.6) is 0 Å². The topological polar surface area (TPSA) is 68.8 Å². The van der Waals surface area contributed by atoms with E-state index in [4.69, 9.17) is 0 Å². The van der Waals surface area contributed by atoms with Gasteiger partial charge in [0.2, 0.25) is 0 Å². The van der Waals surface area contributed by atoms with E-state index in [1.807, 2.05) is 38.1 Å². The highest BCUT2D eigenvalue weighted by atomic mass is 19.4. The van der Waals surface area contributed by atoms with Crippen molar-refractivity contribution in [3.63, 3.8) is 0 Å². The lowest BCUT2D eigenvalue weighted by molar-refractivity contribution is -0.137. The van der Waals surface area contributed by atoms with Crippen molar-refractivity contribution in [1.29, 1.82) is 0 Å². The summed E-state index contributed by atoms with van der Waals surface area (Å²) in [5.74, 6) is 0.338. The Hall–Kier alpha value is -3.07. The first-order chi connectivity index (χ1) is 15.2. The Bertz CT molecular complexity index is 913. The van der Waals surface area contributed by atoms with Crippen molar-refractivity contribution >= 4 is 11.9 Å². The number of aliphatic imine (C=N–C) groups is 1. The molecule has 0 atom stereocenters. The van der Waals surface area contributed by atoms with Gasteiger partial charge in [-0.15, -0.1) is 0 Å². The molecule has 9 heteroatoms. The number of alkyl halides is 3. The van der Waals surface area contributed by atoms with Gasteiger partial charge in [0, 0.05) is 31.7 Å². The Kier molecular flexibility index (Phi) is 9.52. The van der Waals surface area contributed by atoms with Crippen molar-refractivity contribution in [3.8, 4) is 0 Å². The number of guanidine groups is 1. The van der Waals surface area contributed by atoms with Gasteiger partial charge in [-0.1, -0.05) is 24.3 Å². The summed E-state index contributed by atoms with van der Waals surface area (Å²) in [6, 6.07) is 12.4. The van der Waals surface area contributed by atoms with E-state index in [-0.39, 0.29) is 12.5 Å². The van der Waals surface area contributed by atoms with Crippen LogP contribution in [-0.2, 0) is 19.3 Å². The van der Waals surface area contributed by atoms with Crippen LogP contribution in [0.1, 0.15) is 34.0 Å². The minimum Gasteiger partial charge on any atom is -0.357 e. The summed E-state index contributed by atoms with van der Waals surface area (Å²) in [6.07, 6.45) is -4.38. The van der Waals surface area contributed by atoms with Crippen LogP contribution in [0.3, 0.4) is 0 Å². The van der Waals surface area contributed by atoms with Crippen molar-refractivity contribution in [2.45, 2.75) is 26.2 Å². The lowest BCUT2D eigenvalue weighted by Gasteiger charge is -2.13. The molecule has 0 saturated carbocycles. The maximum absolute atomic E-state index is 12.9. The number of halogens is 3. The molecule has 0 fully saturated rings. The highest BCUT2D eigenvalue weighted by Gasteiger charge is 2.30. The van der Waals surface area contributed by atoms with E-state index >= 15 is 0 Å². The Labute approximate surface area is 186 Å². The summed E-state index contributed by atoms with van der Waals surface area (Å²) >= 11 is 0. The highest BCUT2D eigenvalue weighted by molar-refractivity contribution is 5.94. The lowest BCUT2D eigenvalue weighted by Crippen LogP contribution is -2.36. The molecule has 0 saturated heterocycles. The number of hydrogen-bond acceptors (Lipinski definition) is 3. The molecule has 0 spiro atoms. The Morgan fingerprint density at radius 1 is 1.00 bits per heavy atom. The molecular formula is C23H30F3N5O. The smallest absolute Gasteiger partial charge is 0.357 e. The molecule has 2 aromatic carbocycles. The van der Waals surface area contributed by atoms with E-state index in [1.165, 1.54) is 6.07 Å². The number of amides is 1. The molecule has 0 radical (unpaired) electrons. The number of nitrogens with one attached hydrogen (secondary N) is 3. The van der Waals surface area contributed by atoms with Gasteiger partial charge in [0.15, 0.2) is 5.96 Å². The van der Waals surface area contributed by atoms with Crippen LogP contribution < -0.4 is 16.0 Å². The summed E-state index contributed by atoms with van der Waals surface area (Å²) in [7, 11) is 3.88. The molecule has 0 aromatic heterocycles. The van der Waals surface area contributed by atoms with Crippen molar-refractivity contribution in [2.24, 2.45) is 4.99 Å². The number of carbonyl (C=O) groups is 1. The molecule has 0 bridgehead atoms. The van der Waals surface area contributed by atoms with Crippen LogP contribution in [0.25, 0.3) is 0 Å². The van der Waals surface area contributed by atoms with Crippen LogP contribution in [0, 0.1) is 0 Å². The predicted octanol–water partition coefficient (Wildman–Crippen LogP) is 3.25. The quantitative estimate of drug-likeness (QED) is 0.406. The summed E-state index contributed by atoms with van der Waals surface area (Å²) < 4.78 is 38.7. The third kappa shape index (κ3) is 8.58. The van der Waals surface area contributed by atoms with Crippen molar-refractivity contribution in [1.82, 2.24) is 20.9 Å². The second-order valence-corrected chi connectivity index (χ2v) is 7.51. The molecule has 0 unspecified atom stereocenters. The number of nitrogens with zero attached hydrogens (tertiary/aromatic N) is 2. The van der Waals surface area contributed by atoms with Gasteiger partial charge in [-0.3, -0.25) is 4.79 Å². The van der Waals surface area contributed by atoms with Crippen molar-refractivity contribution in [2.75, 3.05) is 33.7 Å². The summed E-state index contributed by atoms with van der Waals surface area (Å²) in [4.78, 5) is 18.7. The van der Waals surface area contributed by atoms with E-state index in [0.29, 0.717) is 36.7 Å². The van der Waals surface area contributed by atoms with Gasteiger partial charge in [-0.25, -0.2) is 4.99 Å². The Morgan fingerprint density at radius 3 is 2.41 bits per heavy atom. The molecule has 0 aliphatic carbocycles. The fourth-order valence-corrected chi connectivity index (χ4v) is 2.86. The van der Waals surface area contributed by atoms with E-state index < -0.39 is 11.7 Å². The van der Waals surface area contributed by atoms with Crippen LogP contribution >= 0.6 is 0 Å². The van der Waals surface area contributed by atoms with Gasteiger partial charge in [0.05, 0.1) is 12.1 Å². The van der Waals surface area contributed by atoms with Gasteiger partial charge in [-0.2, -0.15) is 13.2 Å². The molecule has 32 heavy (non-hydrogen) atoms. The zero-order chi connectivity index (χ0) is 23.6. The number of carbonyl (C=O) groups excluding carboxylic acids is 1. The monoisotopic (exact) mass is 449 g/mol. The molecule has 0 aliphatic heterocycles. The Balaban J connectivity index is 1.99. The van der Waals surface area contributed by atoms with E-state index in [2.05, 4.69) is 20.9 Å². The highest BCUT2D eigenvalue weighted by Crippen LogP contribution is 2.29. The summed E-state index contributed by atoms with van der Waals surface area (Å²) in [5.41, 5.74) is 1.22. The lowest BCUT2D eigenvalue weighted by atomic mass is 10.1. The predicted molar refractivity (Wildman–Crippen MR) is 120 cm³/mol. The summed E-state index contributed by atoms with van der Waals surface area (Å²) in [5, 5.41) is 9.11. The average molecular weight is 450 g/mol.